The highest BCUT2D eigenvalue weighted by Gasteiger charge is 2.38. The first-order valence-electron chi connectivity index (χ1n) is 7.58. The van der Waals surface area contributed by atoms with Crippen molar-refractivity contribution in [1.29, 1.82) is 0 Å². The van der Waals surface area contributed by atoms with E-state index in [1.807, 2.05) is 12.1 Å². The molecule has 4 rings (SSSR count). The third kappa shape index (κ3) is 2.27. The number of hydrogen-bond donors (Lipinski definition) is 1. The van der Waals surface area contributed by atoms with E-state index in [1.165, 1.54) is 31.2 Å². The van der Waals surface area contributed by atoms with Gasteiger partial charge in [-0.15, -0.1) is 0 Å². The molecule has 1 aromatic rings. The largest absolute Gasteiger partial charge is 0.454 e. The molecule has 2 fully saturated rings. The van der Waals surface area contributed by atoms with Crippen LogP contribution in [0.15, 0.2) is 12.1 Å². The van der Waals surface area contributed by atoms with Crippen molar-refractivity contribution in [2.45, 2.75) is 32.2 Å². The summed E-state index contributed by atoms with van der Waals surface area (Å²) in [7, 11) is 0. The predicted octanol–water partition coefficient (Wildman–Crippen LogP) is 3.59. The molecule has 0 amide bonds. The van der Waals surface area contributed by atoms with Crippen molar-refractivity contribution >= 4 is 11.6 Å². The Hall–Kier alpha value is -0.930. The van der Waals surface area contributed by atoms with Gasteiger partial charge >= 0.3 is 0 Å². The van der Waals surface area contributed by atoms with E-state index in [0.717, 1.165) is 36.6 Å². The second kappa shape index (κ2) is 5.12. The maximum absolute atomic E-state index is 6.20. The minimum absolute atomic E-state index is 0.275. The van der Waals surface area contributed by atoms with Crippen molar-refractivity contribution in [3.8, 4) is 11.5 Å². The van der Waals surface area contributed by atoms with E-state index < -0.39 is 0 Å². The molecule has 20 heavy (non-hydrogen) atoms. The highest BCUT2D eigenvalue weighted by atomic mass is 35.5. The zero-order valence-electron chi connectivity index (χ0n) is 11.5. The predicted molar refractivity (Wildman–Crippen MR) is 78.2 cm³/mol. The Morgan fingerprint density at radius 2 is 2.15 bits per heavy atom. The number of halogens is 1. The molecule has 2 bridgehead atoms. The Morgan fingerprint density at radius 3 is 2.95 bits per heavy atom. The van der Waals surface area contributed by atoms with Crippen LogP contribution in [0.1, 0.15) is 31.2 Å². The van der Waals surface area contributed by atoms with Crippen LogP contribution >= 0.6 is 11.6 Å². The summed E-state index contributed by atoms with van der Waals surface area (Å²) in [6, 6.07) is 4.00. The van der Waals surface area contributed by atoms with Gasteiger partial charge in [0.05, 0.1) is 5.02 Å². The van der Waals surface area contributed by atoms with Gasteiger partial charge in [0.25, 0.3) is 0 Å². The fourth-order valence-corrected chi connectivity index (χ4v) is 4.44. The Balaban J connectivity index is 1.35. The molecule has 3 aliphatic rings. The summed E-state index contributed by atoms with van der Waals surface area (Å²) < 4.78 is 10.7. The standard InChI is InChI=1S/C16H20ClNO2/c17-14-5-11(6-15-16(14)20-9-19-15)7-18-8-13-4-10-1-2-12(13)3-10/h5-6,10,12-13,18H,1-4,7-9H2. The van der Waals surface area contributed by atoms with Crippen LogP contribution in [0.25, 0.3) is 0 Å². The number of benzene rings is 1. The Kier molecular flexibility index (Phi) is 3.27. The molecule has 0 radical (unpaired) electrons. The van der Waals surface area contributed by atoms with E-state index >= 15 is 0 Å². The molecular weight excluding hydrogens is 274 g/mol. The van der Waals surface area contributed by atoms with E-state index in [1.54, 1.807) is 0 Å². The summed E-state index contributed by atoms with van der Waals surface area (Å²) in [5.41, 5.74) is 1.17. The van der Waals surface area contributed by atoms with Crippen LogP contribution in [0.2, 0.25) is 5.02 Å². The fourth-order valence-electron chi connectivity index (χ4n) is 4.15. The highest BCUT2D eigenvalue weighted by Crippen LogP contribution is 2.48. The topological polar surface area (TPSA) is 30.5 Å². The second-order valence-corrected chi connectivity index (χ2v) is 6.78. The van der Waals surface area contributed by atoms with Crippen molar-refractivity contribution in [2.24, 2.45) is 17.8 Å². The normalized spacial score (nSPS) is 30.1. The van der Waals surface area contributed by atoms with Gasteiger partial charge in [0.15, 0.2) is 11.5 Å². The number of hydrogen-bond acceptors (Lipinski definition) is 3. The quantitative estimate of drug-likeness (QED) is 0.920. The molecule has 3 atom stereocenters. The zero-order valence-corrected chi connectivity index (χ0v) is 12.3. The van der Waals surface area contributed by atoms with Crippen molar-refractivity contribution in [2.75, 3.05) is 13.3 Å². The van der Waals surface area contributed by atoms with Gasteiger partial charge in [-0.3, -0.25) is 0 Å². The molecule has 2 aliphatic carbocycles. The van der Waals surface area contributed by atoms with Crippen molar-refractivity contribution in [3.63, 3.8) is 0 Å². The maximum Gasteiger partial charge on any atom is 0.231 e. The molecule has 0 saturated heterocycles. The average Bonchev–Trinajstić information content (AvgIpc) is 3.13. The minimum atomic E-state index is 0.275. The van der Waals surface area contributed by atoms with Gasteiger partial charge in [-0.2, -0.15) is 0 Å². The van der Waals surface area contributed by atoms with Gasteiger partial charge in [-0.1, -0.05) is 18.0 Å². The van der Waals surface area contributed by atoms with Crippen LogP contribution in [0, 0.1) is 17.8 Å². The molecule has 108 valence electrons. The highest BCUT2D eigenvalue weighted by molar-refractivity contribution is 6.32. The monoisotopic (exact) mass is 293 g/mol. The summed E-state index contributed by atoms with van der Waals surface area (Å²) in [4.78, 5) is 0. The van der Waals surface area contributed by atoms with Crippen LogP contribution in [-0.4, -0.2) is 13.3 Å². The number of rotatable bonds is 4. The number of ether oxygens (including phenoxy) is 2. The van der Waals surface area contributed by atoms with Crippen LogP contribution in [0.5, 0.6) is 11.5 Å². The maximum atomic E-state index is 6.20. The van der Waals surface area contributed by atoms with Crippen LogP contribution in [0.3, 0.4) is 0 Å². The van der Waals surface area contributed by atoms with Gasteiger partial charge in [0.2, 0.25) is 6.79 Å². The van der Waals surface area contributed by atoms with Crippen LogP contribution in [-0.2, 0) is 6.54 Å². The third-order valence-corrected chi connectivity index (χ3v) is 5.39. The molecule has 1 heterocycles. The molecule has 0 spiro atoms. The van der Waals surface area contributed by atoms with Gasteiger partial charge in [-0.05, 0) is 61.3 Å². The zero-order chi connectivity index (χ0) is 13.5. The van der Waals surface area contributed by atoms with E-state index in [2.05, 4.69) is 5.32 Å². The summed E-state index contributed by atoms with van der Waals surface area (Å²) >= 11 is 6.20. The molecular formula is C16H20ClNO2. The van der Waals surface area contributed by atoms with Crippen molar-refractivity contribution in [1.82, 2.24) is 5.32 Å². The fraction of sp³-hybridized carbons (Fsp3) is 0.625. The van der Waals surface area contributed by atoms with Crippen LogP contribution in [0.4, 0.5) is 0 Å². The van der Waals surface area contributed by atoms with E-state index in [0.29, 0.717) is 10.8 Å². The summed E-state index contributed by atoms with van der Waals surface area (Å²) in [5, 5.41) is 4.24. The van der Waals surface area contributed by atoms with Crippen molar-refractivity contribution < 1.29 is 9.47 Å². The van der Waals surface area contributed by atoms with E-state index in [4.69, 9.17) is 21.1 Å². The lowest BCUT2D eigenvalue weighted by molar-refractivity contribution is 0.174. The Labute approximate surface area is 124 Å². The average molecular weight is 294 g/mol. The van der Waals surface area contributed by atoms with Gasteiger partial charge in [-0.25, -0.2) is 0 Å². The number of fused-ring (bicyclic) bond motifs is 3. The Morgan fingerprint density at radius 1 is 1.20 bits per heavy atom. The number of nitrogens with one attached hydrogen (secondary N) is 1. The SMILES string of the molecule is Clc1cc(CNCC2CC3CCC2C3)cc2c1OCO2. The molecule has 0 aromatic heterocycles. The van der Waals surface area contributed by atoms with Gasteiger partial charge in [0, 0.05) is 6.54 Å². The lowest BCUT2D eigenvalue weighted by Gasteiger charge is -2.22. The first kappa shape index (κ1) is 12.8. The smallest absolute Gasteiger partial charge is 0.231 e. The molecule has 3 nitrogen and oxygen atoms in total. The van der Waals surface area contributed by atoms with Gasteiger partial charge < -0.3 is 14.8 Å². The first-order valence-corrected chi connectivity index (χ1v) is 7.96. The van der Waals surface area contributed by atoms with E-state index in [-0.39, 0.29) is 6.79 Å². The van der Waals surface area contributed by atoms with Crippen molar-refractivity contribution in [3.05, 3.63) is 22.7 Å². The van der Waals surface area contributed by atoms with Gasteiger partial charge in [0.1, 0.15) is 0 Å². The lowest BCUT2D eigenvalue weighted by atomic mass is 9.89. The molecule has 2 saturated carbocycles. The second-order valence-electron chi connectivity index (χ2n) is 6.38. The minimum Gasteiger partial charge on any atom is -0.454 e. The summed E-state index contributed by atoms with van der Waals surface area (Å²) in [6.07, 6.45) is 5.83. The molecule has 3 unspecified atom stereocenters. The van der Waals surface area contributed by atoms with E-state index in [9.17, 15) is 0 Å². The van der Waals surface area contributed by atoms with Crippen LogP contribution < -0.4 is 14.8 Å². The molecule has 1 N–H and O–H groups in total. The summed E-state index contributed by atoms with van der Waals surface area (Å²) in [5.74, 6) is 4.34. The molecule has 1 aromatic carbocycles. The lowest BCUT2D eigenvalue weighted by Crippen LogP contribution is -2.26. The summed E-state index contributed by atoms with van der Waals surface area (Å²) in [6.45, 7) is 2.26. The molecule has 1 aliphatic heterocycles. The first-order chi connectivity index (χ1) is 9.79. The Bertz CT molecular complexity index is 519. The molecule has 4 heteroatoms. The third-order valence-electron chi connectivity index (χ3n) is 5.11.